The molecule has 51 heavy (non-hydrogen) atoms. The number of hydrogen-bond donors (Lipinski definition) is 6. The van der Waals surface area contributed by atoms with Gasteiger partial charge in [-0.25, -0.2) is 0 Å². The molecule has 1 aliphatic carbocycles. The second-order valence-corrected chi connectivity index (χ2v) is 13.4. The van der Waals surface area contributed by atoms with Crippen molar-refractivity contribution in [2.75, 3.05) is 38.0 Å². The minimum Gasteiger partial charge on any atom is -0.352 e. The van der Waals surface area contributed by atoms with Crippen molar-refractivity contribution in [3.63, 3.8) is 0 Å². The molecule has 5 rings (SSSR count). The van der Waals surface area contributed by atoms with Crippen molar-refractivity contribution in [3.05, 3.63) is 87.7 Å². The second-order valence-electron chi connectivity index (χ2n) is 13.4. The number of amides is 3. The van der Waals surface area contributed by atoms with Crippen molar-refractivity contribution < 1.29 is 14.4 Å². The average molecular weight is 718 g/mol. The van der Waals surface area contributed by atoms with Crippen LogP contribution in [0.1, 0.15) is 67.4 Å². The Morgan fingerprint density at radius 1 is 0.941 bits per heavy atom. The van der Waals surface area contributed by atoms with Crippen LogP contribution in [-0.4, -0.2) is 71.6 Å². The zero-order valence-corrected chi connectivity index (χ0v) is 30.7. The predicted octanol–water partition coefficient (Wildman–Crippen LogP) is 5.15. The number of aromatic amines is 2. The summed E-state index contributed by atoms with van der Waals surface area (Å²) in [6, 6.07) is 17.9. The zero-order valence-electron chi connectivity index (χ0n) is 29.8. The summed E-state index contributed by atoms with van der Waals surface area (Å²) in [4.78, 5) is 54.2. The summed E-state index contributed by atoms with van der Waals surface area (Å²) in [6.07, 6.45) is 4.53. The van der Waals surface area contributed by atoms with Gasteiger partial charge in [0, 0.05) is 30.1 Å². The molecule has 3 amide bonds. The number of anilines is 1. The van der Waals surface area contributed by atoms with E-state index in [4.69, 9.17) is 5.73 Å². The van der Waals surface area contributed by atoms with Gasteiger partial charge in [0.2, 0.25) is 11.8 Å². The fourth-order valence-corrected chi connectivity index (χ4v) is 6.83. The minimum absolute atomic E-state index is 0. The lowest BCUT2D eigenvalue weighted by molar-refractivity contribution is -0.130. The number of fused-ring (bicyclic) bond motifs is 1. The number of rotatable bonds is 15. The van der Waals surface area contributed by atoms with E-state index < -0.39 is 6.04 Å². The van der Waals surface area contributed by atoms with E-state index in [2.05, 4.69) is 44.9 Å². The van der Waals surface area contributed by atoms with Crippen LogP contribution in [0.15, 0.2) is 65.5 Å². The summed E-state index contributed by atoms with van der Waals surface area (Å²) >= 11 is 0. The molecule has 11 nitrogen and oxygen atoms in total. The molecule has 0 bridgehead atoms. The van der Waals surface area contributed by atoms with Gasteiger partial charge < -0.3 is 26.6 Å². The fourth-order valence-electron chi connectivity index (χ4n) is 6.83. The third kappa shape index (κ3) is 10.3. The lowest BCUT2D eigenvalue weighted by atomic mass is 9.81. The maximum atomic E-state index is 13.7. The molecule has 3 aromatic carbocycles. The first-order valence-corrected chi connectivity index (χ1v) is 17.9. The number of carbonyl (C=O) groups excluding carboxylic acids is 3. The summed E-state index contributed by atoms with van der Waals surface area (Å²) in [5.41, 5.74) is 11.2. The molecule has 0 saturated heterocycles. The Kier molecular flexibility index (Phi) is 14.4. The molecule has 0 spiro atoms. The average Bonchev–Trinajstić information content (AvgIpc) is 3.50. The summed E-state index contributed by atoms with van der Waals surface area (Å²) < 4.78 is 0. The van der Waals surface area contributed by atoms with E-state index in [-0.39, 0.29) is 41.6 Å². The molecule has 0 aliphatic heterocycles. The van der Waals surface area contributed by atoms with Gasteiger partial charge in [-0.1, -0.05) is 44.2 Å². The number of nitrogens with zero attached hydrogens (tertiary/aromatic N) is 1. The Hall–Kier alpha value is -4.45. The number of benzene rings is 3. The quantitative estimate of drug-likeness (QED) is 0.0932. The van der Waals surface area contributed by atoms with Crippen LogP contribution in [0, 0.1) is 18.8 Å². The van der Waals surface area contributed by atoms with Crippen molar-refractivity contribution in [1.29, 1.82) is 0 Å². The molecule has 1 aromatic heterocycles. The number of H-pyrrole nitrogens is 2. The van der Waals surface area contributed by atoms with Gasteiger partial charge in [-0.2, -0.15) is 0 Å². The highest BCUT2D eigenvalue weighted by Crippen LogP contribution is 2.29. The number of halogens is 1. The van der Waals surface area contributed by atoms with Gasteiger partial charge in [-0.05, 0) is 124 Å². The maximum absolute atomic E-state index is 13.7. The van der Waals surface area contributed by atoms with Crippen LogP contribution in [0.3, 0.4) is 0 Å². The minimum atomic E-state index is -0.812. The Morgan fingerprint density at radius 2 is 1.67 bits per heavy atom. The van der Waals surface area contributed by atoms with Crippen molar-refractivity contribution in [3.8, 4) is 11.1 Å². The first-order valence-electron chi connectivity index (χ1n) is 17.9. The Bertz CT molecular complexity index is 1830. The number of nitrogens with one attached hydrogen (secondary N) is 5. The number of aromatic nitrogens is 2. The monoisotopic (exact) mass is 717 g/mol. The Morgan fingerprint density at radius 3 is 2.33 bits per heavy atom. The molecule has 1 atom stereocenters. The summed E-state index contributed by atoms with van der Waals surface area (Å²) in [5.74, 6) is -0.248. The molecule has 1 fully saturated rings. The fraction of sp³-hybridized carbons (Fsp3) is 0.436. The molecule has 4 aromatic rings. The molecular formula is C39H52ClN7O4. The lowest BCUT2D eigenvalue weighted by Crippen LogP contribution is -2.48. The van der Waals surface area contributed by atoms with Gasteiger partial charge in [0.1, 0.15) is 6.04 Å². The van der Waals surface area contributed by atoms with Crippen LogP contribution in [-0.2, 0) is 16.0 Å². The maximum Gasteiger partial charge on any atom is 0.271 e. The normalized spacial score (nSPS) is 16.3. The molecule has 7 N–H and O–H groups in total. The number of carbonyl (C=O) groups is 3. The van der Waals surface area contributed by atoms with Gasteiger partial charge in [0.15, 0.2) is 0 Å². The predicted molar refractivity (Wildman–Crippen MR) is 206 cm³/mol. The van der Waals surface area contributed by atoms with Crippen LogP contribution < -0.4 is 27.2 Å². The zero-order chi connectivity index (χ0) is 35.6. The van der Waals surface area contributed by atoms with Crippen LogP contribution in [0.5, 0.6) is 0 Å². The van der Waals surface area contributed by atoms with Crippen LogP contribution in [0.4, 0.5) is 5.69 Å². The lowest BCUT2D eigenvalue weighted by Gasteiger charge is -2.28. The molecule has 274 valence electrons. The highest BCUT2D eigenvalue weighted by Gasteiger charge is 2.29. The van der Waals surface area contributed by atoms with E-state index >= 15 is 0 Å². The molecule has 0 radical (unpaired) electrons. The molecular weight excluding hydrogens is 666 g/mol. The molecule has 1 aliphatic rings. The smallest absolute Gasteiger partial charge is 0.271 e. The summed E-state index contributed by atoms with van der Waals surface area (Å²) in [7, 11) is 0. The first-order chi connectivity index (χ1) is 24.2. The summed E-state index contributed by atoms with van der Waals surface area (Å²) in [5, 5.41) is 14.9. The van der Waals surface area contributed by atoms with Crippen molar-refractivity contribution in [2.24, 2.45) is 17.6 Å². The molecule has 1 saturated carbocycles. The van der Waals surface area contributed by atoms with Gasteiger partial charge in [0.05, 0.1) is 10.9 Å². The third-order valence-corrected chi connectivity index (χ3v) is 10.1. The van der Waals surface area contributed by atoms with Crippen molar-refractivity contribution in [2.45, 2.75) is 65.3 Å². The largest absolute Gasteiger partial charge is 0.352 e. The molecule has 1 heterocycles. The Labute approximate surface area is 305 Å². The van der Waals surface area contributed by atoms with Gasteiger partial charge >= 0.3 is 0 Å². The third-order valence-electron chi connectivity index (χ3n) is 10.1. The van der Waals surface area contributed by atoms with E-state index in [1.165, 1.54) is 0 Å². The topological polar surface area (TPSA) is 165 Å². The first kappa shape index (κ1) is 39.3. The highest BCUT2D eigenvalue weighted by atomic mass is 35.5. The Balaban J connectivity index is 0.00000583. The summed E-state index contributed by atoms with van der Waals surface area (Å²) in [6.45, 7) is 10.5. The van der Waals surface area contributed by atoms with E-state index in [9.17, 15) is 19.2 Å². The van der Waals surface area contributed by atoms with E-state index in [1.807, 2.05) is 49.4 Å². The van der Waals surface area contributed by atoms with Gasteiger partial charge in [-0.15, -0.1) is 12.4 Å². The van der Waals surface area contributed by atoms with E-state index in [1.54, 1.807) is 18.2 Å². The van der Waals surface area contributed by atoms with Crippen LogP contribution in [0.2, 0.25) is 0 Å². The number of aryl methyl sites for hydroxylation is 1. The van der Waals surface area contributed by atoms with Crippen LogP contribution in [0.25, 0.3) is 22.0 Å². The van der Waals surface area contributed by atoms with E-state index in [0.29, 0.717) is 47.6 Å². The van der Waals surface area contributed by atoms with Gasteiger partial charge in [0.25, 0.3) is 11.5 Å². The second kappa shape index (κ2) is 18.7. The van der Waals surface area contributed by atoms with Crippen molar-refractivity contribution >= 4 is 46.7 Å². The standard InChI is InChI=1S/C39H51N7O4.ClH/c1-4-46(5-2)20-6-19-41-36(47)30-15-17-32(25(3)21-30)28-11-7-26(8-12-28)22-35(43-37(48)29-13-9-27(24-40)10-14-29)39(50)42-31-16-18-33-34(23-31)44-45-38(33)49;/h7-8,11-12,15-18,21,23,27,29,35H,4-6,9-10,13-14,19-20,22,24,40H2,1-3H3,(H,41,47)(H,42,50)(H,43,48)(H2,44,45,49);1H/t27?,29?,35-;/m0./s1. The number of hydrogen-bond acceptors (Lipinski definition) is 6. The van der Waals surface area contributed by atoms with E-state index in [0.717, 1.165) is 74.0 Å². The van der Waals surface area contributed by atoms with Crippen molar-refractivity contribution in [1.82, 2.24) is 25.7 Å². The molecule has 0 unspecified atom stereocenters. The number of nitrogens with two attached hydrogens (primary N) is 1. The van der Waals surface area contributed by atoms with Crippen LogP contribution >= 0.6 is 12.4 Å². The van der Waals surface area contributed by atoms with Gasteiger partial charge in [-0.3, -0.25) is 29.4 Å². The molecule has 12 heteroatoms. The SMILES string of the molecule is CCN(CC)CCCNC(=O)c1ccc(-c2ccc(C[C@H](NC(=O)C3CCC(CN)CC3)C(=O)Nc3ccc4c(=O)[nH][nH]c4c3)cc2)c(C)c1.Cl. The highest BCUT2D eigenvalue weighted by molar-refractivity contribution is 5.99.